The molecule has 1 unspecified atom stereocenters. The smallest absolute Gasteiger partial charge is 0.255 e. The molecule has 2 aromatic rings. The van der Waals surface area contributed by atoms with Crippen LogP contribution >= 0.6 is 23.4 Å². The van der Waals surface area contributed by atoms with Crippen LogP contribution in [0.15, 0.2) is 42.5 Å². The molecule has 2 aromatic carbocycles. The van der Waals surface area contributed by atoms with Gasteiger partial charge in [-0.2, -0.15) is 0 Å². The second kappa shape index (κ2) is 4.52. The first-order valence-corrected chi connectivity index (χ1v) is 8.32. The van der Waals surface area contributed by atoms with Crippen LogP contribution in [0.25, 0.3) is 0 Å². The number of halogens is 1. The number of hydrogen-bond donors (Lipinski definition) is 0. The second-order valence-electron chi connectivity index (χ2n) is 5.51. The van der Waals surface area contributed by atoms with Crippen molar-refractivity contribution in [2.75, 3.05) is 12.3 Å². The van der Waals surface area contributed by atoms with Gasteiger partial charge in [-0.1, -0.05) is 41.4 Å². The Morgan fingerprint density at radius 1 is 1.24 bits per heavy atom. The van der Waals surface area contributed by atoms with E-state index in [0.29, 0.717) is 5.02 Å². The largest absolute Gasteiger partial charge is 0.315 e. The summed E-state index contributed by atoms with van der Waals surface area (Å²) in [5, 5.41) is 0.683. The number of fused-ring (bicyclic) bond motifs is 3. The fourth-order valence-corrected chi connectivity index (χ4v) is 5.06. The quantitative estimate of drug-likeness (QED) is 0.791. The summed E-state index contributed by atoms with van der Waals surface area (Å²) in [6, 6.07) is 14.0. The third-order valence-corrected chi connectivity index (χ3v) is 5.95. The lowest BCUT2D eigenvalue weighted by Gasteiger charge is -2.32. The van der Waals surface area contributed by atoms with Gasteiger partial charge in [0.2, 0.25) is 0 Å². The molecule has 0 N–H and O–H groups in total. The van der Waals surface area contributed by atoms with Gasteiger partial charge in [0.1, 0.15) is 4.87 Å². The van der Waals surface area contributed by atoms with E-state index in [2.05, 4.69) is 31.2 Å². The highest BCUT2D eigenvalue weighted by molar-refractivity contribution is 8.00. The summed E-state index contributed by atoms with van der Waals surface area (Å²) < 4.78 is 0. The van der Waals surface area contributed by atoms with Crippen LogP contribution in [-0.4, -0.2) is 23.1 Å². The SMILES string of the molecule is Cc1cccc(C23SCCN2C(=O)c2ccc(Cl)cc23)c1. The molecular formula is C17H14ClNOS. The predicted octanol–water partition coefficient (Wildman–Crippen LogP) is 4.05. The Morgan fingerprint density at radius 2 is 2.10 bits per heavy atom. The maximum absolute atomic E-state index is 12.7. The topological polar surface area (TPSA) is 20.3 Å². The van der Waals surface area contributed by atoms with Crippen LogP contribution in [0.2, 0.25) is 5.02 Å². The normalized spacial score (nSPS) is 23.3. The van der Waals surface area contributed by atoms with Crippen molar-refractivity contribution in [3.05, 3.63) is 69.7 Å². The minimum Gasteiger partial charge on any atom is -0.315 e. The van der Waals surface area contributed by atoms with E-state index >= 15 is 0 Å². The van der Waals surface area contributed by atoms with Crippen molar-refractivity contribution >= 4 is 29.3 Å². The van der Waals surface area contributed by atoms with Crippen molar-refractivity contribution in [3.63, 3.8) is 0 Å². The second-order valence-corrected chi connectivity index (χ2v) is 7.23. The fraction of sp³-hybridized carbons (Fsp3) is 0.235. The Morgan fingerprint density at radius 3 is 2.90 bits per heavy atom. The Kier molecular flexibility index (Phi) is 2.85. The van der Waals surface area contributed by atoms with Crippen LogP contribution in [0.5, 0.6) is 0 Å². The molecular weight excluding hydrogens is 302 g/mol. The van der Waals surface area contributed by atoms with Crippen molar-refractivity contribution in [2.24, 2.45) is 0 Å². The molecule has 0 spiro atoms. The first-order chi connectivity index (χ1) is 10.1. The maximum atomic E-state index is 12.7. The molecule has 1 atom stereocenters. The van der Waals surface area contributed by atoms with Gasteiger partial charge in [0.05, 0.1) is 0 Å². The van der Waals surface area contributed by atoms with Gasteiger partial charge in [-0.25, -0.2) is 0 Å². The van der Waals surface area contributed by atoms with Gasteiger partial charge < -0.3 is 4.90 Å². The number of nitrogens with zero attached hydrogens (tertiary/aromatic N) is 1. The molecule has 0 saturated carbocycles. The number of thioether (sulfide) groups is 1. The minimum absolute atomic E-state index is 0.119. The number of carbonyl (C=O) groups is 1. The van der Waals surface area contributed by atoms with Crippen molar-refractivity contribution in [3.8, 4) is 0 Å². The van der Waals surface area contributed by atoms with E-state index in [4.69, 9.17) is 11.6 Å². The highest BCUT2D eigenvalue weighted by Crippen LogP contribution is 2.55. The number of rotatable bonds is 1. The summed E-state index contributed by atoms with van der Waals surface area (Å²) in [5.74, 6) is 1.07. The van der Waals surface area contributed by atoms with Crippen LogP contribution in [0, 0.1) is 6.92 Å². The van der Waals surface area contributed by atoms with Crippen LogP contribution in [0.1, 0.15) is 27.0 Å². The van der Waals surface area contributed by atoms with Crippen LogP contribution < -0.4 is 0 Å². The number of hydrogen-bond acceptors (Lipinski definition) is 2. The standard InChI is InChI=1S/C17H14ClNOS/c1-11-3-2-4-12(9-11)17-15-10-13(18)5-6-14(15)16(20)19(17)7-8-21-17/h2-6,9-10H,7-8H2,1H3. The Labute approximate surface area is 133 Å². The minimum atomic E-state index is -0.399. The van der Waals surface area contributed by atoms with Gasteiger partial charge in [-0.15, -0.1) is 11.8 Å². The molecule has 1 amide bonds. The average molecular weight is 316 g/mol. The average Bonchev–Trinajstić information content (AvgIpc) is 3.00. The van der Waals surface area contributed by atoms with Crippen molar-refractivity contribution in [1.29, 1.82) is 0 Å². The maximum Gasteiger partial charge on any atom is 0.255 e. The molecule has 0 aromatic heterocycles. The lowest BCUT2D eigenvalue weighted by atomic mass is 9.96. The molecule has 1 saturated heterocycles. The molecule has 2 aliphatic heterocycles. The summed E-state index contributed by atoms with van der Waals surface area (Å²) in [6.07, 6.45) is 0. The molecule has 106 valence electrons. The predicted molar refractivity (Wildman–Crippen MR) is 86.9 cm³/mol. The van der Waals surface area contributed by atoms with E-state index in [1.807, 2.05) is 28.8 Å². The van der Waals surface area contributed by atoms with Crippen LogP contribution in [0.3, 0.4) is 0 Å². The Bertz CT molecular complexity index is 760. The molecule has 2 nitrogen and oxygen atoms in total. The zero-order chi connectivity index (χ0) is 14.6. The molecule has 0 aliphatic carbocycles. The van der Waals surface area contributed by atoms with Gasteiger partial charge >= 0.3 is 0 Å². The van der Waals surface area contributed by atoms with Gasteiger partial charge in [0.25, 0.3) is 5.91 Å². The zero-order valence-corrected chi connectivity index (χ0v) is 13.2. The monoisotopic (exact) mass is 315 g/mol. The third kappa shape index (κ3) is 1.71. The molecule has 0 bridgehead atoms. The highest BCUT2D eigenvalue weighted by Gasteiger charge is 2.54. The zero-order valence-electron chi connectivity index (χ0n) is 11.6. The number of amides is 1. The van der Waals surface area contributed by atoms with E-state index < -0.39 is 4.87 Å². The van der Waals surface area contributed by atoms with E-state index in [1.54, 1.807) is 6.07 Å². The molecule has 2 heterocycles. The fourth-order valence-electron chi connectivity index (χ4n) is 3.37. The summed E-state index contributed by atoms with van der Waals surface area (Å²) >= 11 is 8.03. The van der Waals surface area contributed by atoms with Crippen molar-refractivity contribution in [2.45, 2.75) is 11.8 Å². The third-order valence-electron chi connectivity index (χ3n) is 4.24. The van der Waals surface area contributed by atoms with Crippen LogP contribution in [0.4, 0.5) is 0 Å². The van der Waals surface area contributed by atoms with Gasteiger partial charge in [0, 0.05) is 28.4 Å². The number of carbonyl (C=O) groups excluding carboxylic acids is 1. The molecule has 4 heteroatoms. The van der Waals surface area contributed by atoms with Crippen molar-refractivity contribution < 1.29 is 4.79 Å². The Balaban J connectivity index is 2.02. The highest BCUT2D eigenvalue weighted by atomic mass is 35.5. The lowest BCUT2D eigenvalue weighted by Crippen LogP contribution is -2.37. The first kappa shape index (κ1) is 13.2. The first-order valence-electron chi connectivity index (χ1n) is 6.96. The number of aryl methyl sites for hydroxylation is 1. The van der Waals surface area contributed by atoms with Crippen LogP contribution in [-0.2, 0) is 4.87 Å². The molecule has 2 aliphatic rings. The van der Waals surface area contributed by atoms with Gasteiger partial charge in [0.15, 0.2) is 0 Å². The molecule has 1 fully saturated rings. The molecule has 0 radical (unpaired) electrons. The summed E-state index contributed by atoms with van der Waals surface area (Å²) in [4.78, 5) is 14.3. The molecule has 21 heavy (non-hydrogen) atoms. The summed E-state index contributed by atoms with van der Waals surface area (Å²) in [5.41, 5.74) is 4.19. The van der Waals surface area contributed by atoms with E-state index in [-0.39, 0.29) is 5.91 Å². The van der Waals surface area contributed by atoms with E-state index in [9.17, 15) is 4.79 Å². The van der Waals surface area contributed by atoms with E-state index in [0.717, 1.165) is 23.4 Å². The number of benzene rings is 2. The van der Waals surface area contributed by atoms with Crippen molar-refractivity contribution in [1.82, 2.24) is 4.90 Å². The lowest BCUT2D eigenvalue weighted by molar-refractivity contribution is 0.0752. The Hall–Kier alpha value is -1.45. The summed E-state index contributed by atoms with van der Waals surface area (Å²) in [7, 11) is 0. The van der Waals surface area contributed by atoms with E-state index in [1.165, 1.54) is 11.1 Å². The molecule has 4 rings (SSSR count). The van der Waals surface area contributed by atoms with Gasteiger partial charge in [-0.05, 0) is 30.7 Å². The van der Waals surface area contributed by atoms with Gasteiger partial charge in [-0.3, -0.25) is 4.79 Å². The summed E-state index contributed by atoms with van der Waals surface area (Å²) in [6.45, 7) is 2.86.